The van der Waals surface area contributed by atoms with E-state index in [0.717, 1.165) is 22.1 Å². The molecule has 7 aromatic rings. The highest BCUT2D eigenvalue weighted by atomic mass is 14.9. The van der Waals surface area contributed by atoms with Gasteiger partial charge in [-0.3, -0.25) is 39.9 Å². The van der Waals surface area contributed by atoms with E-state index >= 15 is 0 Å². The van der Waals surface area contributed by atoms with Crippen molar-refractivity contribution in [2.75, 3.05) is 0 Å². The standard InChI is InChI=1S/C28H14N12/c1-2-30-22-14-10-16-24-26(34-6-5-32-24)18(39-16)12-20-28-27(35-7-8-36-28)19(40-20)11-17-25-23(31-3-4-33-25)15(38-17)9-13(37-14)21(22)29-1/h1-12,37,40H. The molecule has 2 aliphatic heterocycles. The second-order valence-corrected chi connectivity index (χ2v) is 9.26. The van der Waals surface area contributed by atoms with Crippen LogP contribution in [0, 0.1) is 0 Å². The predicted molar refractivity (Wildman–Crippen MR) is 147 cm³/mol. The third-order valence-electron chi connectivity index (χ3n) is 6.93. The van der Waals surface area contributed by atoms with Gasteiger partial charge in [0.05, 0.1) is 44.8 Å². The molecule has 9 rings (SSSR count). The van der Waals surface area contributed by atoms with Gasteiger partial charge in [-0.15, -0.1) is 0 Å². The summed E-state index contributed by atoms with van der Waals surface area (Å²) in [5.41, 5.74) is 11.1. The molecule has 0 atom stereocenters. The number of fused-ring (bicyclic) bond motifs is 20. The van der Waals surface area contributed by atoms with Crippen molar-refractivity contribution in [2.24, 2.45) is 0 Å². The van der Waals surface area contributed by atoms with Crippen LogP contribution in [-0.2, 0) is 0 Å². The number of aromatic nitrogens is 12. The summed E-state index contributed by atoms with van der Waals surface area (Å²) in [6.45, 7) is 0. The van der Waals surface area contributed by atoms with E-state index in [0.29, 0.717) is 67.6 Å². The third kappa shape index (κ3) is 2.95. The van der Waals surface area contributed by atoms with E-state index in [2.05, 4.69) is 49.8 Å². The van der Waals surface area contributed by atoms with Crippen LogP contribution in [0.15, 0.2) is 73.8 Å². The van der Waals surface area contributed by atoms with Crippen molar-refractivity contribution in [1.82, 2.24) is 59.8 Å². The largest absolute Gasteiger partial charge is 0.352 e. The molecule has 0 fully saturated rings. The summed E-state index contributed by atoms with van der Waals surface area (Å²) in [5.74, 6) is 0. The van der Waals surface area contributed by atoms with Crippen LogP contribution in [0.1, 0.15) is 0 Å². The summed E-state index contributed by atoms with van der Waals surface area (Å²) in [6, 6.07) is 7.68. The summed E-state index contributed by atoms with van der Waals surface area (Å²) in [7, 11) is 0. The molecule has 0 radical (unpaired) electrons. The molecule has 2 N–H and O–H groups in total. The first kappa shape index (κ1) is 21.0. The maximum absolute atomic E-state index is 4.93. The Hall–Kier alpha value is -6.04. The normalized spacial score (nSPS) is 12.0. The molecule has 12 heteroatoms. The Morgan fingerprint density at radius 2 is 0.575 bits per heavy atom. The zero-order valence-electron chi connectivity index (χ0n) is 20.4. The molecule has 8 bridgehead atoms. The second-order valence-electron chi connectivity index (χ2n) is 9.26. The lowest BCUT2D eigenvalue weighted by atomic mass is 10.2. The van der Waals surface area contributed by atoms with Gasteiger partial charge in [-0.25, -0.2) is 9.97 Å². The van der Waals surface area contributed by atoms with Crippen LogP contribution in [0.2, 0.25) is 0 Å². The predicted octanol–water partition coefficient (Wildman–Crippen LogP) is 4.45. The van der Waals surface area contributed by atoms with E-state index in [1.165, 1.54) is 0 Å². The van der Waals surface area contributed by atoms with E-state index in [1.807, 2.05) is 24.3 Å². The Kier molecular flexibility index (Phi) is 4.05. The van der Waals surface area contributed by atoms with E-state index < -0.39 is 0 Å². The van der Waals surface area contributed by atoms with Gasteiger partial charge in [0.2, 0.25) is 0 Å². The van der Waals surface area contributed by atoms with Crippen LogP contribution in [0.4, 0.5) is 0 Å². The molecule has 0 saturated heterocycles. The second kappa shape index (κ2) is 7.74. The van der Waals surface area contributed by atoms with Gasteiger partial charge in [-0.1, -0.05) is 0 Å². The summed E-state index contributed by atoms with van der Waals surface area (Å²) < 4.78 is 0. The number of hydrogen-bond acceptors (Lipinski definition) is 10. The molecule has 0 aliphatic carbocycles. The van der Waals surface area contributed by atoms with Gasteiger partial charge in [0.15, 0.2) is 0 Å². The minimum Gasteiger partial charge on any atom is -0.352 e. The maximum Gasteiger partial charge on any atom is 0.117 e. The fourth-order valence-corrected chi connectivity index (χ4v) is 5.26. The zero-order valence-corrected chi connectivity index (χ0v) is 20.4. The van der Waals surface area contributed by atoms with Gasteiger partial charge in [0.1, 0.15) is 44.8 Å². The highest BCUT2D eigenvalue weighted by molar-refractivity contribution is 6.05. The molecular formula is C28H14N12. The van der Waals surface area contributed by atoms with Crippen molar-refractivity contribution in [1.29, 1.82) is 0 Å². The Balaban J connectivity index is 1.51. The van der Waals surface area contributed by atoms with E-state index in [9.17, 15) is 0 Å². The summed E-state index contributed by atoms with van der Waals surface area (Å²) in [6.07, 6.45) is 13.3. The molecular weight excluding hydrogens is 504 g/mol. The lowest BCUT2D eigenvalue weighted by Crippen LogP contribution is -1.85. The van der Waals surface area contributed by atoms with Crippen LogP contribution in [0.3, 0.4) is 0 Å². The van der Waals surface area contributed by atoms with Crippen molar-refractivity contribution in [3.05, 3.63) is 73.8 Å². The quantitative estimate of drug-likeness (QED) is 0.293. The molecule has 7 aromatic heterocycles. The Morgan fingerprint density at radius 3 is 0.850 bits per heavy atom. The van der Waals surface area contributed by atoms with Crippen molar-refractivity contribution in [3.8, 4) is 45.6 Å². The van der Waals surface area contributed by atoms with E-state index in [1.54, 1.807) is 49.6 Å². The number of hydrogen-bond donors (Lipinski definition) is 2. The third-order valence-corrected chi connectivity index (χ3v) is 6.93. The molecule has 0 saturated carbocycles. The smallest absolute Gasteiger partial charge is 0.117 e. The monoisotopic (exact) mass is 518 g/mol. The molecule has 2 aliphatic rings. The molecule has 0 aromatic carbocycles. The number of H-pyrrole nitrogens is 2. The summed E-state index contributed by atoms with van der Waals surface area (Å²) >= 11 is 0. The number of aromatic amines is 2. The number of nitrogens with one attached hydrogen (secondary N) is 2. The van der Waals surface area contributed by atoms with Crippen LogP contribution < -0.4 is 0 Å². The minimum atomic E-state index is 0.653. The Bertz CT molecular complexity index is 2030. The van der Waals surface area contributed by atoms with Crippen LogP contribution in [-0.4, -0.2) is 59.8 Å². The lowest BCUT2D eigenvalue weighted by Gasteiger charge is -1.95. The van der Waals surface area contributed by atoms with Gasteiger partial charge in [-0.2, -0.15) is 0 Å². The van der Waals surface area contributed by atoms with Crippen LogP contribution >= 0.6 is 0 Å². The Morgan fingerprint density at radius 1 is 0.325 bits per heavy atom. The summed E-state index contributed by atoms with van der Waals surface area (Å²) in [5, 5.41) is 0. The SMILES string of the molecule is c1cnc2c(n1)-c1cc3[nH]c(cc4nc(cc5[nH]c(cc-2n1)c1nccnc51)-c1nccnc1-4)c1nccnc31. The maximum atomic E-state index is 4.93. The van der Waals surface area contributed by atoms with Crippen molar-refractivity contribution in [2.45, 2.75) is 0 Å². The van der Waals surface area contributed by atoms with Crippen LogP contribution in [0.25, 0.3) is 89.7 Å². The lowest BCUT2D eigenvalue weighted by molar-refractivity contribution is 1.23. The zero-order chi connectivity index (χ0) is 26.2. The highest BCUT2D eigenvalue weighted by Gasteiger charge is 2.22. The van der Waals surface area contributed by atoms with Gasteiger partial charge in [-0.05, 0) is 24.3 Å². The molecule has 186 valence electrons. The van der Waals surface area contributed by atoms with Gasteiger partial charge < -0.3 is 9.97 Å². The molecule has 0 unspecified atom stereocenters. The molecule has 40 heavy (non-hydrogen) atoms. The Labute approximate surface area is 223 Å². The average Bonchev–Trinajstić information content (AvgIpc) is 3.73. The highest BCUT2D eigenvalue weighted by Crippen LogP contribution is 2.36. The van der Waals surface area contributed by atoms with Crippen LogP contribution in [0.5, 0.6) is 0 Å². The summed E-state index contributed by atoms with van der Waals surface area (Å²) in [4.78, 5) is 53.6. The fraction of sp³-hybridized carbons (Fsp3) is 0. The molecule has 0 spiro atoms. The van der Waals surface area contributed by atoms with Crippen molar-refractivity contribution < 1.29 is 0 Å². The number of rotatable bonds is 0. The first-order chi connectivity index (χ1) is 19.8. The van der Waals surface area contributed by atoms with Gasteiger partial charge >= 0.3 is 0 Å². The van der Waals surface area contributed by atoms with Crippen molar-refractivity contribution >= 4 is 44.1 Å². The van der Waals surface area contributed by atoms with E-state index in [-0.39, 0.29) is 0 Å². The van der Waals surface area contributed by atoms with Gasteiger partial charge in [0.25, 0.3) is 0 Å². The molecule has 0 amide bonds. The average molecular weight is 519 g/mol. The number of nitrogens with zero attached hydrogens (tertiary/aromatic N) is 10. The van der Waals surface area contributed by atoms with Crippen molar-refractivity contribution in [3.63, 3.8) is 0 Å². The first-order valence-corrected chi connectivity index (χ1v) is 12.4. The van der Waals surface area contributed by atoms with Gasteiger partial charge in [0, 0.05) is 49.6 Å². The molecule has 12 nitrogen and oxygen atoms in total. The minimum absolute atomic E-state index is 0.653. The fourth-order valence-electron chi connectivity index (χ4n) is 5.26. The molecule has 9 heterocycles. The van der Waals surface area contributed by atoms with E-state index in [4.69, 9.17) is 9.97 Å². The first-order valence-electron chi connectivity index (χ1n) is 12.4. The topological polar surface area (TPSA) is 160 Å².